The van der Waals surface area contributed by atoms with Gasteiger partial charge in [0.05, 0.1) is 13.5 Å². The number of aldehydes is 1. The molecule has 13 heavy (non-hydrogen) atoms. The highest BCUT2D eigenvalue weighted by Gasteiger charge is 2.06. The zero-order chi connectivity index (χ0) is 9.68. The Labute approximate surface area is 74.6 Å². The number of furan rings is 1. The van der Waals surface area contributed by atoms with Gasteiger partial charge in [0.15, 0.2) is 12.0 Å². The molecular weight excluding hydrogens is 174 g/mol. The molecular formula is C8H9NO4. The fourth-order valence-corrected chi connectivity index (χ4v) is 0.850. The van der Waals surface area contributed by atoms with Crippen LogP contribution in [0.2, 0.25) is 0 Å². The average molecular weight is 183 g/mol. The van der Waals surface area contributed by atoms with E-state index < -0.39 is 0 Å². The molecule has 0 unspecified atom stereocenters. The van der Waals surface area contributed by atoms with Gasteiger partial charge in [-0.25, -0.2) is 0 Å². The van der Waals surface area contributed by atoms with Crippen molar-refractivity contribution in [3.05, 3.63) is 23.7 Å². The van der Waals surface area contributed by atoms with Gasteiger partial charge in [0.1, 0.15) is 5.76 Å². The topological polar surface area (TPSA) is 72.0 Å². The normalized spacial score (nSPS) is 11.3. The zero-order valence-electron chi connectivity index (χ0n) is 7.06. The SMILES string of the molecule is COC(Cc1ccc(C=O)o1)=NO. The van der Waals surface area contributed by atoms with E-state index in [0.29, 0.717) is 12.0 Å². The first kappa shape index (κ1) is 9.31. The molecule has 0 spiro atoms. The molecule has 5 heteroatoms. The Morgan fingerprint density at radius 3 is 3.00 bits per heavy atom. The third kappa shape index (κ3) is 2.33. The second-order valence-electron chi connectivity index (χ2n) is 2.30. The number of hydrogen-bond acceptors (Lipinski definition) is 5. The minimum absolute atomic E-state index is 0.131. The molecule has 1 rings (SSSR count). The van der Waals surface area contributed by atoms with Gasteiger partial charge in [0.25, 0.3) is 0 Å². The first-order valence-electron chi connectivity index (χ1n) is 3.59. The van der Waals surface area contributed by atoms with Crippen LogP contribution in [0.5, 0.6) is 0 Å². The molecule has 1 heterocycles. The van der Waals surface area contributed by atoms with E-state index >= 15 is 0 Å². The number of nitrogens with zero attached hydrogens (tertiary/aromatic N) is 1. The van der Waals surface area contributed by atoms with Crippen molar-refractivity contribution in [1.29, 1.82) is 0 Å². The summed E-state index contributed by atoms with van der Waals surface area (Å²) in [5, 5.41) is 11.3. The van der Waals surface area contributed by atoms with E-state index in [1.165, 1.54) is 13.2 Å². The van der Waals surface area contributed by atoms with Crippen LogP contribution in [0.25, 0.3) is 0 Å². The quantitative estimate of drug-likeness (QED) is 0.250. The maximum absolute atomic E-state index is 10.2. The summed E-state index contributed by atoms with van der Waals surface area (Å²) in [7, 11) is 1.39. The highest BCUT2D eigenvalue weighted by molar-refractivity contribution is 5.77. The van der Waals surface area contributed by atoms with Crippen LogP contribution in [-0.4, -0.2) is 24.5 Å². The fraction of sp³-hybridized carbons (Fsp3) is 0.250. The molecule has 0 radical (unpaired) electrons. The van der Waals surface area contributed by atoms with E-state index in [-0.39, 0.29) is 18.1 Å². The van der Waals surface area contributed by atoms with Gasteiger partial charge >= 0.3 is 0 Å². The van der Waals surface area contributed by atoms with Gasteiger partial charge in [-0.15, -0.1) is 0 Å². The molecule has 0 amide bonds. The lowest BCUT2D eigenvalue weighted by Crippen LogP contribution is -2.04. The van der Waals surface area contributed by atoms with Crippen molar-refractivity contribution in [3.8, 4) is 0 Å². The van der Waals surface area contributed by atoms with E-state index in [0.717, 1.165) is 0 Å². The Morgan fingerprint density at radius 2 is 2.54 bits per heavy atom. The van der Waals surface area contributed by atoms with Crippen molar-refractivity contribution in [2.75, 3.05) is 7.11 Å². The van der Waals surface area contributed by atoms with Crippen molar-refractivity contribution in [3.63, 3.8) is 0 Å². The summed E-state index contributed by atoms with van der Waals surface area (Å²) in [6, 6.07) is 3.15. The number of carbonyl (C=O) groups is 1. The molecule has 0 aliphatic carbocycles. The van der Waals surface area contributed by atoms with Crippen LogP contribution in [0.15, 0.2) is 21.7 Å². The summed E-state index contributed by atoms with van der Waals surface area (Å²) in [5.74, 6) is 0.881. The Kier molecular flexibility index (Phi) is 3.08. The molecule has 0 bridgehead atoms. The van der Waals surface area contributed by atoms with Gasteiger partial charge in [-0.1, -0.05) is 5.16 Å². The van der Waals surface area contributed by atoms with Gasteiger partial charge in [0, 0.05) is 0 Å². The second kappa shape index (κ2) is 4.30. The molecule has 1 aromatic heterocycles. The number of methoxy groups -OCH3 is 1. The van der Waals surface area contributed by atoms with Crippen molar-refractivity contribution >= 4 is 12.2 Å². The maximum atomic E-state index is 10.2. The van der Waals surface area contributed by atoms with E-state index in [4.69, 9.17) is 14.4 Å². The van der Waals surface area contributed by atoms with Gasteiger partial charge < -0.3 is 14.4 Å². The molecule has 0 aliphatic heterocycles. The molecule has 1 N–H and O–H groups in total. The lowest BCUT2D eigenvalue weighted by molar-refractivity contribution is 0.109. The van der Waals surface area contributed by atoms with Gasteiger partial charge in [-0.3, -0.25) is 4.79 Å². The minimum atomic E-state index is 0.131. The van der Waals surface area contributed by atoms with Crippen LogP contribution < -0.4 is 0 Å². The number of rotatable bonds is 3. The number of carbonyl (C=O) groups excluding carboxylic acids is 1. The van der Waals surface area contributed by atoms with Crippen molar-refractivity contribution in [2.45, 2.75) is 6.42 Å². The first-order chi connectivity index (χ1) is 6.30. The molecule has 5 nitrogen and oxygen atoms in total. The molecule has 0 aliphatic rings. The van der Waals surface area contributed by atoms with E-state index in [9.17, 15) is 4.79 Å². The summed E-state index contributed by atoms with van der Waals surface area (Å²) >= 11 is 0. The second-order valence-corrected chi connectivity index (χ2v) is 2.30. The third-order valence-electron chi connectivity index (χ3n) is 1.47. The molecule has 0 saturated carbocycles. The molecule has 0 fully saturated rings. The van der Waals surface area contributed by atoms with Crippen LogP contribution in [0, 0.1) is 0 Å². The Hall–Kier alpha value is -1.78. The molecule has 0 atom stereocenters. The Bertz CT molecular complexity index is 316. The molecule has 0 saturated heterocycles. The van der Waals surface area contributed by atoms with Crippen molar-refractivity contribution in [2.24, 2.45) is 5.16 Å². The zero-order valence-corrected chi connectivity index (χ0v) is 7.06. The third-order valence-corrected chi connectivity index (χ3v) is 1.47. The van der Waals surface area contributed by atoms with Crippen molar-refractivity contribution in [1.82, 2.24) is 0 Å². The lowest BCUT2D eigenvalue weighted by Gasteiger charge is -1.98. The molecule has 1 aromatic rings. The van der Waals surface area contributed by atoms with Crippen LogP contribution >= 0.6 is 0 Å². The lowest BCUT2D eigenvalue weighted by atomic mass is 10.3. The van der Waals surface area contributed by atoms with Gasteiger partial charge in [-0.05, 0) is 12.1 Å². The van der Waals surface area contributed by atoms with Crippen molar-refractivity contribution < 1.29 is 19.2 Å². The Balaban J connectivity index is 2.68. The first-order valence-corrected chi connectivity index (χ1v) is 3.59. The average Bonchev–Trinajstić information content (AvgIpc) is 2.61. The molecule has 0 aromatic carbocycles. The highest BCUT2D eigenvalue weighted by Crippen LogP contribution is 2.07. The maximum Gasteiger partial charge on any atom is 0.232 e. The number of hydrogen-bond donors (Lipinski definition) is 1. The fourth-order valence-electron chi connectivity index (χ4n) is 0.850. The van der Waals surface area contributed by atoms with Crippen LogP contribution in [0.4, 0.5) is 0 Å². The smallest absolute Gasteiger partial charge is 0.232 e. The highest BCUT2D eigenvalue weighted by atomic mass is 16.5. The van der Waals surface area contributed by atoms with E-state index in [1.807, 2.05) is 0 Å². The Morgan fingerprint density at radius 1 is 1.77 bits per heavy atom. The standard InChI is InChI=1S/C8H9NO4/c1-12-8(9-11)4-6-2-3-7(5-10)13-6/h2-3,5,11H,4H2,1H3. The summed E-state index contributed by atoms with van der Waals surface area (Å²) in [6.07, 6.45) is 0.826. The summed E-state index contributed by atoms with van der Waals surface area (Å²) < 4.78 is 9.72. The van der Waals surface area contributed by atoms with Crippen LogP contribution in [0.3, 0.4) is 0 Å². The van der Waals surface area contributed by atoms with Gasteiger partial charge in [0.2, 0.25) is 5.90 Å². The summed E-state index contributed by atoms with van der Waals surface area (Å²) in [6.45, 7) is 0. The van der Waals surface area contributed by atoms with E-state index in [2.05, 4.69) is 5.16 Å². The van der Waals surface area contributed by atoms with Gasteiger partial charge in [-0.2, -0.15) is 0 Å². The predicted molar refractivity (Wildman–Crippen MR) is 44.0 cm³/mol. The van der Waals surface area contributed by atoms with Crippen LogP contribution in [-0.2, 0) is 11.2 Å². The summed E-state index contributed by atoms with van der Waals surface area (Å²) in [4.78, 5) is 10.2. The monoisotopic (exact) mass is 183 g/mol. The predicted octanol–water partition coefficient (Wildman–Crippen LogP) is 1.07. The molecule has 70 valence electrons. The number of oxime groups is 1. The van der Waals surface area contributed by atoms with E-state index in [1.54, 1.807) is 6.07 Å². The largest absolute Gasteiger partial charge is 0.482 e. The minimum Gasteiger partial charge on any atom is -0.482 e. The van der Waals surface area contributed by atoms with Crippen LogP contribution in [0.1, 0.15) is 16.3 Å². The summed E-state index contributed by atoms with van der Waals surface area (Å²) in [5.41, 5.74) is 0. The number of ether oxygens (including phenoxy) is 1.